The number of rotatable bonds is 5. The van der Waals surface area contributed by atoms with Crippen LogP contribution in [0.5, 0.6) is 0 Å². The Balaban J connectivity index is 1.56. The van der Waals surface area contributed by atoms with Crippen LogP contribution in [0.4, 0.5) is 0 Å². The van der Waals surface area contributed by atoms with Crippen molar-refractivity contribution in [2.45, 2.75) is 56.7 Å². The summed E-state index contributed by atoms with van der Waals surface area (Å²) in [4.78, 5) is 51.5. The van der Waals surface area contributed by atoms with Crippen LogP contribution in [-0.2, 0) is 19.2 Å². The molecular formula is C17H26N4O5. The second-order valence-corrected chi connectivity index (χ2v) is 7.14. The molecule has 26 heavy (non-hydrogen) atoms. The van der Waals surface area contributed by atoms with Crippen LogP contribution in [0, 0.1) is 0 Å². The maximum absolute atomic E-state index is 12.8. The highest BCUT2D eigenvalue weighted by Gasteiger charge is 2.42. The van der Waals surface area contributed by atoms with Crippen molar-refractivity contribution in [2.24, 2.45) is 0 Å². The molecular weight excluding hydrogens is 340 g/mol. The van der Waals surface area contributed by atoms with Crippen molar-refractivity contribution in [3.8, 4) is 0 Å². The van der Waals surface area contributed by atoms with Crippen LogP contribution >= 0.6 is 0 Å². The molecule has 3 N–H and O–H groups in total. The van der Waals surface area contributed by atoms with Crippen molar-refractivity contribution in [3.05, 3.63) is 0 Å². The summed E-state index contributed by atoms with van der Waals surface area (Å²) >= 11 is 0. The zero-order valence-electron chi connectivity index (χ0n) is 14.8. The predicted octanol–water partition coefficient (Wildman–Crippen LogP) is -1.08. The van der Waals surface area contributed by atoms with Crippen LogP contribution < -0.4 is 10.6 Å². The minimum Gasteiger partial charge on any atom is -0.480 e. The first-order valence-electron chi connectivity index (χ1n) is 9.33. The quantitative estimate of drug-likeness (QED) is 0.570. The highest BCUT2D eigenvalue weighted by atomic mass is 16.4. The second-order valence-electron chi connectivity index (χ2n) is 7.14. The van der Waals surface area contributed by atoms with Crippen molar-refractivity contribution >= 4 is 23.7 Å². The maximum Gasteiger partial charge on any atom is 0.326 e. The van der Waals surface area contributed by atoms with Crippen LogP contribution in [-0.4, -0.2) is 82.9 Å². The fourth-order valence-electron chi connectivity index (χ4n) is 4.10. The van der Waals surface area contributed by atoms with E-state index < -0.39 is 18.1 Å². The lowest BCUT2D eigenvalue weighted by atomic mass is 10.1. The van der Waals surface area contributed by atoms with Crippen molar-refractivity contribution < 1.29 is 24.3 Å². The Kier molecular flexibility index (Phi) is 5.75. The number of nitrogens with one attached hydrogen (secondary N) is 2. The van der Waals surface area contributed by atoms with E-state index in [1.165, 1.54) is 9.80 Å². The van der Waals surface area contributed by atoms with Gasteiger partial charge in [-0.2, -0.15) is 0 Å². The normalized spacial score (nSPS) is 28.4. The lowest BCUT2D eigenvalue weighted by Crippen LogP contribution is -2.53. The Morgan fingerprint density at radius 1 is 0.962 bits per heavy atom. The highest BCUT2D eigenvalue weighted by molar-refractivity contribution is 5.93. The second kappa shape index (κ2) is 8.03. The molecule has 3 heterocycles. The van der Waals surface area contributed by atoms with Gasteiger partial charge < -0.3 is 25.5 Å². The fraction of sp³-hybridized carbons (Fsp3) is 0.765. The van der Waals surface area contributed by atoms with Gasteiger partial charge in [-0.1, -0.05) is 0 Å². The molecule has 3 fully saturated rings. The van der Waals surface area contributed by atoms with E-state index in [1.807, 2.05) is 0 Å². The van der Waals surface area contributed by atoms with E-state index in [0.29, 0.717) is 38.8 Å². The van der Waals surface area contributed by atoms with Crippen molar-refractivity contribution in [2.75, 3.05) is 26.2 Å². The molecule has 3 aliphatic rings. The molecule has 0 aliphatic carbocycles. The molecule has 3 aliphatic heterocycles. The van der Waals surface area contributed by atoms with Crippen LogP contribution in [0.25, 0.3) is 0 Å². The number of hydrogen-bond donors (Lipinski definition) is 3. The third-order valence-electron chi connectivity index (χ3n) is 5.47. The van der Waals surface area contributed by atoms with Crippen LogP contribution in [0.3, 0.4) is 0 Å². The summed E-state index contributed by atoms with van der Waals surface area (Å²) in [6, 6.07) is -1.67. The van der Waals surface area contributed by atoms with Gasteiger partial charge in [0.05, 0.1) is 12.6 Å². The van der Waals surface area contributed by atoms with Crippen molar-refractivity contribution in [3.63, 3.8) is 0 Å². The van der Waals surface area contributed by atoms with E-state index in [0.717, 1.165) is 19.4 Å². The van der Waals surface area contributed by atoms with E-state index in [1.54, 1.807) is 0 Å². The molecule has 0 aromatic rings. The third-order valence-corrected chi connectivity index (χ3v) is 5.47. The number of hydrogen-bond acceptors (Lipinski definition) is 5. The molecule has 3 rings (SSSR count). The molecule has 3 amide bonds. The molecule has 9 nitrogen and oxygen atoms in total. The van der Waals surface area contributed by atoms with E-state index in [2.05, 4.69) is 10.6 Å². The Morgan fingerprint density at radius 2 is 1.65 bits per heavy atom. The standard InChI is InChI=1S/C17H26N4O5/c22-14(10-19-15(23)11-4-1-7-18-11)20-8-2-5-12(20)16(24)21-9-3-6-13(21)17(25)26/h11-13,18H,1-10H2,(H,19,23)(H,25,26)/t11-,12-,13-/m0/s1. The molecule has 3 saturated heterocycles. The number of carboxylic acids is 1. The third kappa shape index (κ3) is 3.82. The van der Waals surface area contributed by atoms with Gasteiger partial charge in [-0.25, -0.2) is 4.79 Å². The molecule has 0 saturated carbocycles. The van der Waals surface area contributed by atoms with Crippen molar-refractivity contribution in [1.82, 2.24) is 20.4 Å². The van der Waals surface area contributed by atoms with Gasteiger partial charge in [0, 0.05) is 13.1 Å². The molecule has 144 valence electrons. The van der Waals surface area contributed by atoms with Gasteiger partial charge in [0.25, 0.3) is 0 Å². The van der Waals surface area contributed by atoms with E-state index in [-0.39, 0.29) is 30.3 Å². The first-order valence-corrected chi connectivity index (χ1v) is 9.33. The van der Waals surface area contributed by atoms with E-state index in [4.69, 9.17) is 0 Å². The zero-order chi connectivity index (χ0) is 18.7. The smallest absolute Gasteiger partial charge is 0.326 e. The molecule has 0 bridgehead atoms. The average molecular weight is 366 g/mol. The average Bonchev–Trinajstić information content (AvgIpc) is 3.38. The number of amides is 3. The maximum atomic E-state index is 12.8. The predicted molar refractivity (Wildman–Crippen MR) is 91.1 cm³/mol. The minimum absolute atomic E-state index is 0.136. The summed E-state index contributed by atoms with van der Waals surface area (Å²) in [5.41, 5.74) is 0. The van der Waals surface area contributed by atoms with Gasteiger partial charge in [0.1, 0.15) is 12.1 Å². The van der Waals surface area contributed by atoms with E-state index >= 15 is 0 Å². The molecule has 3 atom stereocenters. The Hall–Kier alpha value is -2.16. The van der Waals surface area contributed by atoms with Gasteiger partial charge in [-0.15, -0.1) is 0 Å². The van der Waals surface area contributed by atoms with Gasteiger partial charge in [0.15, 0.2) is 0 Å². The van der Waals surface area contributed by atoms with Crippen LogP contribution in [0.15, 0.2) is 0 Å². The topological polar surface area (TPSA) is 119 Å². The first kappa shape index (κ1) is 18.6. The minimum atomic E-state index is -0.997. The van der Waals surface area contributed by atoms with E-state index in [9.17, 15) is 24.3 Å². The number of nitrogens with zero attached hydrogens (tertiary/aromatic N) is 2. The monoisotopic (exact) mass is 366 g/mol. The first-order chi connectivity index (χ1) is 12.5. The molecule has 0 radical (unpaired) electrons. The lowest BCUT2D eigenvalue weighted by Gasteiger charge is -2.30. The lowest BCUT2D eigenvalue weighted by molar-refractivity contribution is -0.151. The van der Waals surface area contributed by atoms with Gasteiger partial charge in [-0.05, 0) is 45.1 Å². The Labute approximate surface area is 152 Å². The summed E-state index contributed by atoms with van der Waals surface area (Å²) in [6.07, 6.45) is 4.04. The number of carboxylic acid groups (broad SMARTS) is 1. The number of carbonyl (C=O) groups excluding carboxylic acids is 3. The summed E-state index contributed by atoms with van der Waals surface area (Å²) in [6.45, 7) is 1.54. The van der Waals surface area contributed by atoms with Crippen LogP contribution in [0.2, 0.25) is 0 Å². The van der Waals surface area contributed by atoms with Gasteiger partial charge in [0.2, 0.25) is 17.7 Å². The fourth-order valence-corrected chi connectivity index (χ4v) is 4.10. The number of carbonyl (C=O) groups is 4. The Morgan fingerprint density at radius 3 is 2.31 bits per heavy atom. The summed E-state index contributed by atoms with van der Waals surface area (Å²) in [7, 11) is 0. The van der Waals surface area contributed by atoms with Crippen molar-refractivity contribution in [1.29, 1.82) is 0 Å². The molecule has 0 aromatic carbocycles. The molecule has 0 unspecified atom stereocenters. The SMILES string of the molecule is O=C(NCC(=O)N1CCC[C@H]1C(=O)N1CCC[C@H]1C(=O)O)[C@@H]1CCCN1. The summed E-state index contributed by atoms with van der Waals surface area (Å²) < 4.78 is 0. The number of aliphatic carboxylic acids is 1. The Bertz CT molecular complexity index is 590. The summed E-state index contributed by atoms with van der Waals surface area (Å²) in [5, 5.41) is 15.0. The van der Waals surface area contributed by atoms with Gasteiger partial charge >= 0.3 is 5.97 Å². The zero-order valence-corrected chi connectivity index (χ0v) is 14.8. The van der Waals surface area contributed by atoms with Crippen LogP contribution in [0.1, 0.15) is 38.5 Å². The number of likely N-dealkylation sites (tertiary alicyclic amines) is 2. The molecule has 9 heteroatoms. The molecule has 0 aromatic heterocycles. The van der Waals surface area contributed by atoms with Gasteiger partial charge in [-0.3, -0.25) is 14.4 Å². The summed E-state index contributed by atoms with van der Waals surface area (Å²) in [5.74, 6) is -1.77. The highest BCUT2D eigenvalue weighted by Crippen LogP contribution is 2.25. The molecule has 0 spiro atoms. The largest absolute Gasteiger partial charge is 0.480 e.